The van der Waals surface area contributed by atoms with Gasteiger partial charge in [-0.25, -0.2) is 12.8 Å². The third-order valence-corrected chi connectivity index (χ3v) is 6.45. The van der Waals surface area contributed by atoms with Crippen molar-refractivity contribution in [2.45, 2.75) is 18.9 Å². The number of piperidine rings is 1. The van der Waals surface area contributed by atoms with Crippen LogP contribution in [-0.2, 0) is 9.84 Å². The quantitative estimate of drug-likeness (QED) is 0.601. The standard InChI is InChI=1S/C15H20FN3O4S/c16-14-11-13(19(20)21)1-2-15(14)18-5-3-12(4-6-18)17-7-9-24(22,23)10-8-17/h1-2,11-12H,3-10H2. The first kappa shape index (κ1) is 17.1. The zero-order valence-corrected chi connectivity index (χ0v) is 14.0. The van der Waals surface area contributed by atoms with Gasteiger partial charge in [0.05, 0.1) is 28.2 Å². The molecule has 2 aliphatic rings. The lowest BCUT2D eigenvalue weighted by Gasteiger charge is -2.40. The number of nitro groups is 1. The van der Waals surface area contributed by atoms with Crippen molar-refractivity contribution in [1.82, 2.24) is 4.90 Å². The Morgan fingerprint density at radius 3 is 2.29 bits per heavy atom. The number of nitro benzene ring substituents is 1. The lowest BCUT2D eigenvalue weighted by Crippen LogP contribution is -2.50. The van der Waals surface area contributed by atoms with Crippen molar-refractivity contribution in [3.8, 4) is 0 Å². The van der Waals surface area contributed by atoms with Crippen LogP contribution in [0.3, 0.4) is 0 Å². The predicted octanol–water partition coefficient (Wildman–Crippen LogP) is 1.43. The van der Waals surface area contributed by atoms with Crippen molar-refractivity contribution in [3.05, 3.63) is 34.1 Å². The van der Waals surface area contributed by atoms with E-state index in [9.17, 15) is 22.9 Å². The molecule has 24 heavy (non-hydrogen) atoms. The second-order valence-corrected chi connectivity index (χ2v) is 8.60. The lowest BCUT2D eigenvalue weighted by atomic mass is 10.0. The van der Waals surface area contributed by atoms with Crippen LogP contribution < -0.4 is 4.90 Å². The molecule has 3 rings (SSSR count). The summed E-state index contributed by atoms with van der Waals surface area (Å²) >= 11 is 0. The first-order chi connectivity index (χ1) is 11.4. The lowest BCUT2D eigenvalue weighted by molar-refractivity contribution is -0.385. The van der Waals surface area contributed by atoms with Gasteiger partial charge in [0.2, 0.25) is 0 Å². The Kier molecular flexibility index (Phi) is 4.73. The highest BCUT2D eigenvalue weighted by Gasteiger charge is 2.30. The Hall–Kier alpha value is -1.74. The minimum absolute atomic E-state index is 0.212. The molecular formula is C15H20FN3O4S. The van der Waals surface area contributed by atoms with Crippen LogP contribution in [0, 0.1) is 15.9 Å². The third-order valence-electron chi connectivity index (χ3n) is 4.84. The molecule has 2 aliphatic heterocycles. The molecule has 1 aromatic carbocycles. The molecule has 0 unspecified atom stereocenters. The van der Waals surface area contributed by atoms with Crippen molar-refractivity contribution in [2.24, 2.45) is 0 Å². The van der Waals surface area contributed by atoms with Crippen LogP contribution in [0.25, 0.3) is 0 Å². The number of halogens is 1. The molecule has 0 radical (unpaired) electrons. The fraction of sp³-hybridized carbons (Fsp3) is 0.600. The van der Waals surface area contributed by atoms with Crippen LogP contribution in [0.2, 0.25) is 0 Å². The Labute approximate surface area is 140 Å². The van der Waals surface area contributed by atoms with Crippen LogP contribution >= 0.6 is 0 Å². The van der Waals surface area contributed by atoms with E-state index in [-0.39, 0.29) is 17.2 Å². The fourth-order valence-corrected chi connectivity index (χ4v) is 4.66. The molecule has 0 aromatic heterocycles. The normalized spacial score (nSPS) is 22.5. The molecule has 9 heteroatoms. The Morgan fingerprint density at radius 1 is 1.12 bits per heavy atom. The van der Waals surface area contributed by atoms with E-state index in [4.69, 9.17) is 0 Å². The van der Waals surface area contributed by atoms with Gasteiger partial charge in [0.1, 0.15) is 0 Å². The summed E-state index contributed by atoms with van der Waals surface area (Å²) in [6, 6.07) is 4.05. The van der Waals surface area contributed by atoms with Gasteiger partial charge in [0.15, 0.2) is 15.7 Å². The predicted molar refractivity (Wildman–Crippen MR) is 88.5 cm³/mol. The number of anilines is 1. The minimum atomic E-state index is -2.88. The van der Waals surface area contributed by atoms with Crippen LogP contribution in [0.1, 0.15) is 12.8 Å². The maximum atomic E-state index is 14.1. The SMILES string of the molecule is O=[N+]([O-])c1ccc(N2CCC(N3CCS(=O)(=O)CC3)CC2)c(F)c1. The number of rotatable bonds is 3. The van der Waals surface area contributed by atoms with E-state index in [1.807, 2.05) is 4.90 Å². The Morgan fingerprint density at radius 2 is 1.75 bits per heavy atom. The summed E-state index contributed by atoms with van der Waals surface area (Å²) in [6.45, 7) is 2.45. The average molecular weight is 357 g/mol. The molecule has 7 nitrogen and oxygen atoms in total. The molecule has 132 valence electrons. The van der Waals surface area contributed by atoms with E-state index in [0.29, 0.717) is 37.9 Å². The highest BCUT2D eigenvalue weighted by molar-refractivity contribution is 7.91. The molecule has 0 saturated carbocycles. The number of hydrogen-bond acceptors (Lipinski definition) is 6. The van der Waals surface area contributed by atoms with E-state index >= 15 is 0 Å². The van der Waals surface area contributed by atoms with Crippen molar-refractivity contribution >= 4 is 21.2 Å². The van der Waals surface area contributed by atoms with Gasteiger partial charge in [-0.15, -0.1) is 0 Å². The van der Waals surface area contributed by atoms with Gasteiger partial charge < -0.3 is 4.90 Å². The van der Waals surface area contributed by atoms with Crippen molar-refractivity contribution in [3.63, 3.8) is 0 Å². The van der Waals surface area contributed by atoms with Gasteiger partial charge in [-0.2, -0.15) is 0 Å². The summed E-state index contributed by atoms with van der Waals surface area (Å²) in [5, 5.41) is 10.7. The molecule has 2 heterocycles. The van der Waals surface area contributed by atoms with Gasteiger partial charge in [0.25, 0.3) is 5.69 Å². The number of sulfone groups is 1. The maximum Gasteiger partial charge on any atom is 0.272 e. The molecule has 2 fully saturated rings. The summed E-state index contributed by atoms with van der Waals surface area (Å²) in [4.78, 5) is 14.2. The molecular weight excluding hydrogens is 337 g/mol. The first-order valence-corrected chi connectivity index (χ1v) is 9.81. The Balaban J connectivity index is 1.60. The number of benzene rings is 1. The summed E-state index contributed by atoms with van der Waals surface area (Å²) < 4.78 is 37.1. The second-order valence-electron chi connectivity index (χ2n) is 6.30. The number of hydrogen-bond donors (Lipinski definition) is 0. The molecule has 0 N–H and O–H groups in total. The van der Waals surface area contributed by atoms with Gasteiger partial charge >= 0.3 is 0 Å². The van der Waals surface area contributed by atoms with E-state index in [1.165, 1.54) is 12.1 Å². The van der Waals surface area contributed by atoms with E-state index in [2.05, 4.69) is 4.90 Å². The zero-order chi connectivity index (χ0) is 17.3. The molecule has 0 bridgehead atoms. The monoisotopic (exact) mass is 357 g/mol. The van der Waals surface area contributed by atoms with Crippen LogP contribution in [0.15, 0.2) is 18.2 Å². The van der Waals surface area contributed by atoms with Crippen molar-refractivity contribution in [1.29, 1.82) is 0 Å². The molecule has 0 spiro atoms. The highest BCUT2D eigenvalue weighted by atomic mass is 32.2. The molecule has 0 aliphatic carbocycles. The number of non-ortho nitro benzene ring substituents is 1. The smallest absolute Gasteiger partial charge is 0.272 e. The Bertz CT molecular complexity index is 718. The van der Waals surface area contributed by atoms with Gasteiger partial charge in [-0.3, -0.25) is 15.0 Å². The summed E-state index contributed by atoms with van der Waals surface area (Å²) in [5.74, 6) is -0.152. The third kappa shape index (κ3) is 3.67. The van der Waals surface area contributed by atoms with Crippen LogP contribution in [0.5, 0.6) is 0 Å². The zero-order valence-electron chi connectivity index (χ0n) is 13.2. The van der Waals surface area contributed by atoms with Crippen LogP contribution in [-0.4, -0.2) is 62.0 Å². The fourth-order valence-electron chi connectivity index (χ4n) is 3.43. The van der Waals surface area contributed by atoms with E-state index in [1.54, 1.807) is 0 Å². The topological polar surface area (TPSA) is 83.8 Å². The second kappa shape index (κ2) is 6.64. The van der Waals surface area contributed by atoms with Gasteiger partial charge in [-0.05, 0) is 18.9 Å². The van der Waals surface area contributed by atoms with Gasteiger partial charge in [-0.1, -0.05) is 0 Å². The number of nitrogens with zero attached hydrogens (tertiary/aromatic N) is 3. The van der Waals surface area contributed by atoms with Crippen LogP contribution in [0.4, 0.5) is 15.8 Å². The molecule has 1 aromatic rings. The first-order valence-electron chi connectivity index (χ1n) is 7.99. The average Bonchev–Trinajstić information content (AvgIpc) is 2.55. The maximum absolute atomic E-state index is 14.1. The summed E-state index contributed by atoms with van der Waals surface area (Å²) in [5.41, 5.74) is 0.140. The minimum Gasteiger partial charge on any atom is -0.369 e. The molecule has 0 amide bonds. The summed E-state index contributed by atoms with van der Waals surface area (Å²) in [6.07, 6.45) is 1.66. The molecule has 0 atom stereocenters. The largest absolute Gasteiger partial charge is 0.369 e. The van der Waals surface area contributed by atoms with Gasteiger partial charge in [0, 0.05) is 38.3 Å². The summed E-state index contributed by atoms with van der Waals surface area (Å²) in [7, 11) is -2.88. The van der Waals surface area contributed by atoms with E-state index < -0.39 is 20.6 Å². The molecule has 2 saturated heterocycles. The van der Waals surface area contributed by atoms with Crippen molar-refractivity contribution < 1.29 is 17.7 Å². The highest BCUT2D eigenvalue weighted by Crippen LogP contribution is 2.28. The van der Waals surface area contributed by atoms with Crippen molar-refractivity contribution in [2.75, 3.05) is 42.6 Å². The van der Waals surface area contributed by atoms with E-state index in [0.717, 1.165) is 18.9 Å².